The van der Waals surface area contributed by atoms with Gasteiger partial charge in [-0.05, 0) is 38.2 Å². The minimum Gasteiger partial charge on any atom is -0.326 e. The second kappa shape index (κ2) is 7.96. The van der Waals surface area contributed by atoms with E-state index in [4.69, 9.17) is 5.73 Å². The van der Waals surface area contributed by atoms with E-state index in [2.05, 4.69) is 23.5 Å². The first-order valence-electron chi connectivity index (χ1n) is 6.54. The minimum atomic E-state index is -3.37. The van der Waals surface area contributed by atoms with Crippen LogP contribution >= 0.6 is 11.3 Å². The van der Waals surface area contributed by atoms with Crippen molar-refractivity contribution in [1.29, 1.82) is 0 Å². The van der Waals surface area contributed by atoms with Crippen LogP contribution in [0.3, 0.4) is 0 Å². The lowest BCUT2D eigenvalue weighted by Crippen LogP contribution is -2.29. The molecule has 0 saturated heterocycles. The lowest BCUT2D eigenvalue weighted by Gasteiger charge is -2.17. The summed E-state index contributed by atoms with van der Waals surface area (Å²) in [6, 6.07) is 3.37. The smallest absolute Gasteiger partial charge is 0.250 e. The predicted octanol–water partition coefficient (Wildman–Crippen LogP) is 1.22. The number of nitrogens with one attached hydrogen (secondary N) is 1. The third kappa shape index (κ3) is 5.19. The lowest BCUT2D eigenvalue weighted by atomic mass is 10.4. The molecule has 0 spiro atoms. The summed E-state index contributed by atoms with van der Waals surface area (Å²) in [6.45, 7) is 7.95. The summed E-state index contributed by atoms with van der Waals surface area (Å²) in [5, 5.41) is 0. The van der Waals surface area contributed by atoms with Crippen molar-refractivity contribution in [2.75, 3.05) is 26.2 Å². The average Bonchev–Trinajstić information content (AvgIpc) is 2.88. The van der Waals surface area contributed by atoms with Crippen molar-refractivity contribution in [3.8, 4) is 0 Å². The minimum absolute atomic E-state index is 0.343. The van der Waals surface area contributed by atoms with E-state index in [1.807, 2.05) is 0 Å². The van der Waals surface area contributed by atoms with Crippen molar-refractivity contribution in [2.45, 2.75) is 31.0 Å². The Balaban J connectivity index is 2.43. The number of thiophene rings is 1. The first-order valence-corrected chi connectivity index (χ1v) is 8.84. The van der Waals surface area contributed by atoms with Crippen molar-refractivity contribution in [3.05, 3.63) is 17.0 Å². The molecule has 7 heteroatoms. The number of hydrogen-bond acceptors (Lipinski definition) is 5. The molecule has 0 aliphatic rings. The molecule has 110 valence electrons. The highest BCUT2D eigenvalue weighted by Gasteiger charge is 2.15. The molecule has 1 aromatic heterocycles. The van der Waals surface area contributed by atoms with Crippen LogP contribution in [0.4, 0.5) is 0 Å². The van der Waals surface area contributed by atoms with Crippen LogP contribution in [0.15, 0.2) is 16.3 Å². The van der Waals surface area contributed by atoms with Gasteiger partial charge in [-0.3, -0.25) is 0 Å². The number of sulfonamides is 1. The fourth-order valence-electron chi connectivity index (χ4n) is 1.73. The van der Waals surface area contributed by atoms with Crippen molar-refractivity contribution in [1.82, 2.24) is 9.62 Å². The zero-order valence-electron chi connectivity index (χ0n) is 11.6. The fourth-order valence-corrected chi connectivity index (χ4v) is 4.09. The van der Waals surface area contributed by atoms with Gasteiger partial charge in [0.25, 0.3) is 0 Å². The number of rotatable bonds is 9. The second-order valence-electron chi connectivity index (χ2n) is 4.20. The van der Waals surface area contributed by atoms with E-state index in [9.17, 15) is 8.42 Å². The van der Waals surface area contributed by atoms with Gasteiger partial charge in [0.1, 0.15) is 4.21 Å². The molecule has 1 rings (SSSR count). The maximum absolute atomic E-state index is 12.0. The molecule has 0 atom stereocenters. The van der Waals surface area contributed by atoms with Gasteiger partial charge in [-0.2, -0.15) is 0 Å². The topological polar surface area (TPSA) is 75.4 Å². The highest BCUT2D eigenvalue weighted by atomic mass is 32.2. The molecular weight excluding hydrogens is 282 g/mol. The quantitative estimate of drug-likeness (QED) is 0.673. The van der Waals surface area contributed by atoms with Crippen LogP contribution in [0.1, 0.15) is 25.1 Å². The van der Waals surface area contributed by atoms with Gasteiger partial charge in [0.2, 0.25) is 10.0 Å². The number of nitrogens with two attached hydrogens (primary N) is 1. The molecule has 1 aromatic rings. The third-order valence-corrected chi connectivity index (χ3v) is 6.00. The first-order chi connectivity index (χ1) is 9.03. The lowest BCUT2D eigenvalue weighted by molar-refractivity contribution is 0.300. The van der Waals surface area contributed by atoms with E-state index < -0.39 is 10.0 Å². The van der Waals surface area contributed by atoms with Crippen molar-refractivity contribution in [2.24, 2.45) is 5.73 Å². The largest absolute Gasteiger partial charge is 0.326 e. The van der Waals surface area contributed by atoms with E-state index in [1.54, 1.807) is 12.1 Å². The Morgan fingerprint density at radius 3 is 2.53 bits per heavy atom. The molecule has 0 aromatic carbocycles. The summed E-state index contributed by atoms with van der Waals surface area (Å²) in [7, 11) is -3.37. The summed E-state index contributed by atoms with van der Waals surface area (Å²) in [5.41, 5.74) is 5.48. The molecule has 5 nitrogen and oxygen atoms in total. The van der Waals surface area contributed by atoms with E-state index in [1.165, 1.54) is 11.3 Å². The van der Waals surface area contributed by atoms with Crippen molar-refractivity contribution < 1.29 is 8.42 Å². The molecule has 0 saturated carbocycles. The van der Waals surface area contributed by atoms with Gasteiger partial charge < -0.3 is 10.6 Å². The number of nitrogens with zero attached hydrogens (tertiary/aromatic N) is 1. The molecule has 1 heterocycles. The summed E-state index contributed by atoms with van der Waals surface area (Å²) in [6.07, 6.45) is 0.816. The molecule has 0 aliphatic heterocycles. The first kappa shape index (κ1) is 16.6. The molecule has 0 amide bonds. The van der Waals surface area contributed by atoms with Crippen LogP contribution < -0.4 is 10.5 Å². The SMILES string of the molecule is CCN(CC)CCCNS(=O)(=O)c1ccc(CN)s1. The van der Waals surface area contributed by atoms with E-state index in [0.717, 1.165) is 30.9 Å². The summed E-state index contributed by atoms with van der Waals surface area (Å²) < 4.78 is 27.0. The molecule has 0 fully saturated rings. The Morgan fingerprint density at radius 1 is 1.32 bits per heavy atom. The van der Waals surface area contributed by atoms with Gasteiger partial charge in [0, 0.05) is 18.0 Å². The van der Waals surface area contributed by atoms with Gasteiger partial charge in [-0.25, -0.2) is 13.1 Å². The zero-order valence-corrected chi connectivity index (χ0v) is 13.2. The molecular formula is C12H23N3O2S2. The number of hydrogen-bond donors (Lipinski definition) is 2. The summed E-state index contributed by atoms with van der Waals surface area (Å²) in [4.78, 5) is 3.15. The molecule has 19 heavy (non-hydrogen) atoms. The van der Waals surface area contributed by atoms with Crippen LogP contribution in [0.25, 0.3) is 0 Å². The van der Waals surface area contributed by atoms with Gasteiger partial charge >= 0.3 is 0 Å². The Kier molecular flexibility index (Phi) is 6.95. The Morgan fingerprint density at radius 2 is 2.00 bits per heavy atom. The van der Waals surface area contributed by atoms with Gasteiger partial charge in [0.05, 0.1) is 0 Å². The van der Waals surface area contributed by atoms with Crippen LogP contribution in [-0.4, -0.2) is 39.5 Å². The standard InChI is InChI=1S/C12H23N3O2S2/c1-3-15(4-2)9-5-8-14-19(16,17)12-7-6-11(10-13)18-12/h6-7,14H,3-5,8-10,13H2,1-2H3. The van der Waals surface area contributed by atoms with Gasteiger partial charge in [-0.15, -0.1) is 11.3 Å². The van der Waals surface area contributed by atoms with Crippen LogP contribution in [0, 0.1) is 0 Å². The monoisotopic (exact) mass is 305 g/mol. The fraction of sp³-hybridized carbons (Fsp3) is 0.667. The molecule has 0 radical (unpaired) electrons. The normalized spacial score (nSPS) is 12.2. The van der Waals surface area contributed by atoms with Gasteiger partial charge in [-0.1, -0.05) is 13.8 Å². The van der Waals surface area contributed by atoms with E-state index in [0.29, 0.717) is 17.3 Å². The van der Waals surface area contributed by atoms with Crippen LogP contribution in [0.2, 0.25) is 0 Å². The Labute approximate surface area is 119 Å². The van der Waals surface area contributed by atoms with E-state index >= 15 is 0 Å². The Hall–Kier alpha value is -0.470. The van der Waals surface area contributed by atoms with Crippen molar-refractivity contribution >= 4 is 21.4 Å². The van der Waals surface area contributed by atoms with Crippen LogP contribution in [-0.2, 0) is 16.6 Å². The molecule has 0 aliphatic carbocycles. The second-order valence-corrected chi connectivity index (χ2v) is 7.37. The third-order valence-electron chi connectivity index (χ3n) is 2.94. The highest BCUT2D eigenvalue weighted by Crippen LogP contribution is 2.20. The highest BCUT2D eigenvalue weighted by molar-refractivity contribution is 7.91. The maximum Gasteiger partial charge on any atom is 0.250 e. The summed E-state index contributed by atoms with van der Waals surface area (Å²) in [5.74, 6) is 0. The van der Waals surface area contributed by atoms with Gasteiger partial charge in [0.15, 0.2) is 0 Å². The van der Waals surface area contributed by atoms with Crippen molar-refractivity contribution in [3.63, 3.8) is 0 Å². The van der Waals surface area contributed by atoms with E-state index in [-0.39, 0.29) is 0 Å². The maximum atomic E-state index is 12.0. The predicted molar refractivity (Wildman–Crippen MR) is 79.8 cm³/mol. The average molecular weight is 305 g/mol. The molecule has 3 N–H and O–H groups in total. The zero-order chi connectivity index (χ0) is 14.3. The van der Waals surface area contributed by atoms with Crippen LogP contribution in [0.5, 0.6) is 0 Å². The molecule has 0 unspecified atom stereocenters. The molecule has 0 bridgehead atoms. The summed E-state index contributed by atoms with van der Waals surface area (Å²) >= 11 is 1.23. The Bertz CT molecular complexity index is 467.